The maximum atomic E-state index is 12.6. The maximum absolute atomic E-state index is 12.6. The van der Waals surface area contributed by atoms with Gasteiger partial charge < -0.3 is 15.3 Å². The van der Waals surface area contributed by atoms with Crippen LogP contribution in [0.25, 0.3) is 0 Å². The molecule has 7 heteroatoms. The highest BCUT2D eigenvalue weighted by Crippen LogP contribution is 2.40. The van der Waals surface area contributed by atoms with E-state index < -0.39 is 10.8 Å². The molecular weight excluding hydrogens is 418 g/mol. The molecule has 0 amide bonds. The smallest absolute Gasteiger partial charge is 0.0835 e. The minimum atomic E-state index is -0.995. The molecule has 2 aromatic rings. The van der Waals surface area contributed by atoms with Crippen LogP contribution in [0.4, 0.5) is 11.4 Å². The first-order valence-corrected chi connectivity index (χ1v) is 12.6. The van der Waals surface area contributed by atoms with Crippen molar-refractivity contribution in [1.29, 1.82) is 0 Å². The molecule has 2 N–H and O–H groups in total. The van der Waals surface area contributed by atoms with Crippen LogP contribution in [0, 0.1) is 0 Å². The lowest BCUT2D eigenvalue weighted by molar-refractivity contribution is 0.144. The number of hydrogen-bond acceptors (Lipinski definition) is 5. The number of pyridine rings is 1. The van der Waals surface area contributed by atoms with E-state index in [0.29, 0.717) is 11.7 Å². The standard InChI is InChI=1S/C23H28ClN3O2S/c24-17-2-4-18(5-3-17)27-11-6-16(7-12-27)20-14-21(26-23(15-28)9-1-10-23)22-19(25-20)8-13-30(22)29/h2-5,14,16,28H,1,6-13,15H2,(H,25,26)/t30-/m1/s1. The Labute approximate surface area is 185 Å². The Balaban J connectivity index is 1.37. The predicted octanol–water partition coefficient (Wildman–Crippen LogP) is 4.11. The van der Waals surface area contributed by atoms with E-state index in [2.05, 4.69) is 28.4 Å². The highest BCUT2D eigenvalue weighted by Gasteiger charge is 2.38. The normalized spacial score (nSPS) is 23.1. The van der Waals surface area contributed by atoms with Crippen molar-refractivity contribution in [2.24, 2.45) is 0 Å². The molecule has 0 unspecified atom stereocenters. The topological polar surface area (TPSA) is 65.5 Å². The Hall–Kier alpha value is -1.63. The summed E-state index contributed by atoms with van der Waals surface area (Å²) in [7, 11) is -0.995. The van der Waals surface area contributed by atoms with E-state index in [4.69, 9.17) is 16.6 Å². The van der Waals surface area contributed by atoms with Gasteiger partial charge in [-0.2, -0.15) is 0 Å². The summed E-state index contributed by atoms with van der Waals surface area (Å²) in [5.41, 5.74) is 4.00. The first kappa shape index (κ1) is 20.3. The number of nitrogens with one attached hydrogen (secondary N) is 1. The number of anilines is 2. The van der Waals surface area contributed by atoms with Crippen molar-refractivity contribution in [2.75, 3.05) is 35.7 Å². The van der Waals surface area contributed by atoms with Crippen molar-refractivity contribution in [3.05, 3.63) is 46.7 Å². The zero-order chi connectivity index (χ0) is 20.7. The summed E-state index contributed by atoms with van der Waals surface area (Å²) in [6.07, 6.45) is 5.91. The van der Waals surface area contributed by atoms with E-state index in [1.807, 2.05) is 12.1 Å². The maximum Gasteiger partial charge on any atom is 0.0835 e. The molecule has 5 nitrogen and oxygen atoms in total. The number of piperidine rings is 1. The fraction of sp³-hybridized carbons (Fsp3) is 0.522. The highest BCUT2D eigenvalue weighted by molar-refractivity contribution is 7.85. The second-order valence-electron chi connectivity index (χ2n) is 8.82. The van der Waals surface area contributed by atoms with E-state index in [-0.39, 0.29) is 12.1 Å². The van der Waals surface area contributed by atoms with E-state index >= 15 is 0 Å². The summed E-state index contributed by atoms with van der Waals surface area (Å²) in [6, 6.07) is 10.2. The van der Waals surface area contributed by atoms with Gasteiger partial charge in [0.2, 0.25) is 0 Å². The monoisotopic (exact) mass is 445 g/mol. The molecule has 0 radical (unpaired) electrons. The Morgan fingerprint density at radius 2 is 1.97 bits per heavy atom. The Bertz CT molecular complexity index is 948. The number of hydrogen-bond donors (Lipinski definition) is 2. The number of fused-ring (bicyclic) bond motifs is 1. The number of aliphatic hydroxyl groups is 1. The Morgan fingerprint density at radius 1 is 1.23 bits per heavy atom. The lowest BCUT2D eigenvalue weighted by atomic mass is 9.77. The average molecular weight is 446 g/mol. The molecule has 1 saturated heterocycles. The summed E-state index contributed by atoms with van der Waals surface area (Å²) in [6.45, 7) is 2.09. The van der Waals surface area contributed by atoms with E-state index in [9.17, 15) is 9.32 Å². The van der Waals surface area contributed by atoms with Crippen LogP contribution in [-0.4, -0.2) is 45.3 Å². The van der Waals surface area contributed by atoms with Gasteiger partial charge in [-0.3, -0.25) is 9.19 Å². The predicted molar refractivity (Wildman–Crippen MR) is 122 cm³/mol. The van der Waals surface area contributed by atoms with E-state index in [0.717, 1.165) is 78.6 Å². The van der Waals surface area contributed by atoms with Crippen LogP contribution in [0.2, 0.25) is 5.02 Å². The fourth-order valence-corrected chi connectivity index (χ4v) is 6.40. The van der Waals surface area contributed by atoms with Crippen LogP contribution in [0.3, 0.4) is 0 Å². The minimum absolute atomic E-state index is 0.117. The molecule has 3 aliphatic rings. The van der Waals surface area contributed by atoms with Crippen LogP contribution < -0.4 is 10.2 Å². The van der Waals surface area contributed by atoms with Gasteiger partial charge in [0.25, 0.3) is 0 Å². The zero-order valence-corrected chi connectivity index (χ0v) is 18.6. The van der Waals surface area contributed by atoms with Gasteiger partial charge in [-0.1, -0.05) is 11.6 Å². The van der Waals surface area contributed by atoms with Crippen molar-refractivity contribution in [3.8, 4) is 0 Å². The van der Waals surface area contributed by atoms with Crippen molar-refractivity contribution >= 4 is 33.8 Å². The van der Waals surface area contributed by atoms with Gasteiger partial charge in [0.15, 0.2) is 0 Å². The summed E-state index contributed by atoms with van der Waals surface area (Å²) in [5, 5.41) is 14.3. The van der Waals surface area contributed by atoms with Gasteiger partial charge in [-0.05, 0) is 62.4 Å². The first-order valence-electron chi connectivity index (χ1n) is 10.9. The van der Waals surface area contributed by atoms with Gasteiger partial charge >= 0.3 is 0 Å². The van der Waals surface area contributed by atoms with E-state index in [1.54, 1.807) is 0 Å². The third kappa shape index (κ3) is 3.74. The molecule has 1 aromatic heterocycles. The molecule has 1 aromatic carbocycles. The van der Waals surface area contributed by atoms with Gasteiger partial charge in [0, 0.05) is 47.6 Å². The second kappa shape index (κ2) is 8.13. The minimum Gasteiger partial charge on any atom is -0.394 e. The van der Waals surface area contributed by atoms with Crippen LogP contribution in [0.1, 0.15) is 49.4 Å². The molecule has 0 bridgehead atoms. The van der Waals surface area contributed by atoms with Crippen molar-refractivity contribution in [2.45, 2.75) is 54.9 Å². The van der Waals surface area contributed by atoms with Crippen LogP contribution in [-0.2, 0) is 17.2 Å². The van der Waals surface area contributed by atoms with Gasteiger partial charge in [-0.15, -0.1) is 0 Å². The number of aromatic nitrogens is 1. The van der Waals surface area contributed by atoms with Gasteiger partial charge in [0.05, 0.1) is 39.2 Å². The third-order valence-electron chi connectivity index (χ3n) is 6.93. The molecule has 2 aliphatic heterocycles. The van der Waals surface area contributed by atoms with Gasteiger partial charge in [0.1, 0.15) is 0 Å². The fourth-order valence-electron chi connectivity index (χ4n) is 4.92. The lowest BCUT2D eigenvalue weighted by Crippen LogP contribution is -2.48. The number of aryl methyl sites for hydroxylation is 1. The molecule has 1 saturated carbocycles. The molecule has 1 atom stereocenters. The van der Waals surface area contributed by atoms with Crippen LogP contribution in [0.5, 0.6) is 0 Å². The van der Waals surface area contributed by atoms with Crippen molar-refractivity contribution < 1.29 is 9.32 Å². The number of benzene rings is 1. The van der Waals surface area contributed by atoms with Crippen LogP contribution in [0.15, 0.2) is 35.2 Å². The summed E-state index contributed by atoms with van der Waals surface area (Å²) in [5.74, 6) is 1.06. The summed E-state index contributed by atoms with van der Waals surface area (Å²) < 4.78 is 12.6. The highest BCUT2D eigenvalue weighted by atomic mass is 35.5. The number of nitrogens with zero attached hydrogens (tertiary/aromatic N) is 2. The SMILES string of the molecule is O=[S@@]1CCc2nc(C3CCN(c4ccc(Cl)cc4)CC3)cc(NC3(CO)CCC3)c21. The average Bonchev–Trinajstić information content (AvgIpc) is 3.12. The molecule has 3 heterocycles. The summed E-state index contributed by atoms with van der Waals surface area (Å²) in [4.78, 5) is 8.24. The second-order valence-corrected chi connectivity index (χ2v) is 10.8. The van der Waals surface area contributed by atoms with Crippen molar-refractivity contribution in [1.82, 2.24) is 4.98 Å². The number of halogens is 1. The number of aliphatic hydroxyl groups excluding tert-OH is 1. The van der Waals surface area contributed by atoms with Gasteiger partial charge in [-0.25, -0.2) is 0 Å². The van der Waals surface area contributed by atoms with Crippen molar-refractivity contribution in [3.63, 3.8) is 0 Å². The quantitative estimate of drug-likeness (QED) is 0.725. The first-order chi connectivity index (χ1) is 14.6. The zero-order valence-electron chi connectivity index (χ0n) is 17.1. The molecule has 0 spiro atoms. The molecule has 5 rings (SSSR count). The Morgan fingerprint density at radius 3 is 2.60 bits per heavy atom. The number of rotatable bonds is 5. The van der Waals surface area contributed by atoms with Crippen LogP contribution >= 0.6 is 11.6 Å². The largest absolute Gasteiger partial charge is 0.394 e. The summed E-state index contributed by atoms with van der Waals surface area (Å²) >= 11 is 6.03. The lowest BCUT2D eigenvalue weighted by Gasteiger charge is -2.42. The molecule has 2 fully saturated rings. The molecule has 1 aliphatic carbocycles. The van der Waals surface area contributed by atoms with E-state index in [1.165, 1.54) is 5.69 Å². The molecular formula is C23H28ClN3O2S. The third-order valence-corrected chi connectivity index (χ3v) is 8.67. The molecule has 30 heavy (non-hydrogen) atoms. The Kier molecular flexibility index (Phi) is 5.50. The molecule has 160 valence electrons.